The Kier molecular flexibility index (Phi) is 6.38. The highest BCUT2D eigenvalue weighted by molar-refractivity contribution is 5.67. The Morgan fingerprint density at radius 2 is 1.93 bits per heavy atom. The van der Waals surface area contributed by atoms with Crippen LogP contribution in [-0.4, -0.2) is 59.2 Å². The van der Waals surface area contributed by atoms with Crippen molar-refractivity contribution in [3.63, 3.8) is 0 Å². The highest BCUT2D eigenvalue weighted by Gasteiger charge is 2.12. The molecule has 150 valence electrons. The van der Waals surface area contributed by atoms with Gasteiger partial charge in [-0.15, -0.1) is 0 Å². The third-order valence-corrected chi connectivity index (χ3v) is 4.86. The average molecular weight is 393 g/mol. The molecule has 1 aromatic carbocycles. The molecule has 29 heavy (non-hydrogen) atoms. The van der Waals surface area contributed by atoms with Gasteiger partial charge in [0.05, 0.1) is 18.9 Å². The fourth-order valence-corrected chi connectivity index (χ4v) is 3.31. The fourth-order valence-electron chi connectivity index (χ4n) is 3.31. The summed E-state index contributed by atoms with van der Waals surface area (Å²) in [7, 11) is 0. The predicted molar refractivity (Wildman–Crippen MR) is 111 cm³/mol. The first-order valence-electron chi connectivity index (χ1n) is 9.88. The molecule has 7 heteroatoms. The Labute approximate surface area is 169 Å². The maximum Gasteiger partial charge on any atom is 0.163 e. The zero-order valence-electron chi connectivity index (χ0n) is 16.2. The van der Waals surface area contributed by atoms with Gasteiger partial charge in [-0.25, -0.2) is 14.4 Å². The molecule has 4 rings (SSSR count). The summed E-state index contributed by atoms with van der Waals surface area (Å²) in [6.07, 6.45) is 4.40. The van der Waals surface area contributed by atoms with E-state index in [1.54, 1.807) is 36.7 Å². The predicted octanol–water partition coefficient (Wildman–Crippen LogP) is 3.48. The minimum absolute atomic E-state index is 0.304. The molecule has 6 nitrogen and oxygen atoms in total. The number of ether oxygens (including phenoxy) is 1. The molecule has 0 unspecified atom stereocenters. The Bertz CT molecular complexity index is 931. The summed E-state index contributed by atoms with van der Waals surface area (Å²) in [4.78, 5) is 15.8. The summed E-state index contributed by atoms with van der Waals surface area (Å²) >= 11 is 0. The second-order valence-electron chi connectivity index (χ2n) is 6.92. The molecular weight excluding hydrogens is 369 g/mol. The quantitative estimate of drug-likeness (QED) is 0.620. The lowest BCUT2D eigenvalue weighted by atomic mass is 10.1. The van der Waals surface area contributed by atoms with Crippen molar-refractivity contribution in [2.45, 2.75) is 6.42 Å². The van der Waals surface area contributed by atoms with E-state index >= 15 is 0 Å². The van der Waals surface area contributed by atoms with Gasteiger partial charge >= 0.3 is 0 Å². The summed E-state index contributed by atoms with van der Waals surface area (Å²) in [5.74, 6) is 0.898. The summed E-state index contributed by atoms with van der Waals surface area (Å²) < 4.78 is 19.7. The molecule has 1 fully saturated rings. The van der Waals surface area contributed by atoms with Crippen LogP contribution in [0.1, 0.15) is 6.42 Å². The zero-order valence-corrected chi connectivity index (χ0v) is 16.2. The molecule has 0 bridgehead atoms. The molecule has 1 aliphatic rings. The van der Waals surface area contributed by atoms with Gasteiger partial charge in [-0.3, -0.25) is 9.88 Å². The van der Waals surface area contributed by atoms with Crippen LogP contribution in [0.25, 0.3) is 22.6 Å². The van der Waals surface area contributed by atoms with Crippen molar-refractivity contribution in [2.75, 3.05) is 44.7 Å². The van der Waals surface area contributed by atoms with Gasteiger partial charge in [0.25, 0.3) is 0 Å². The Morgan fingerprint density at radius 3 is 2.72 bits per heavy atom. The SMILES string of the molecule is Fc1ccccc1-c1cc(NCCCN2CCOCC2)nc(-c2cccnc2)n1. The maximum absolute atomic E-state index is 14.3. The van der Waals surface area contributed by atoms with E-state index in [-0.39, 0.29) is 5.82 Å². The molecule has 0 spiro atoms. The van der Waals surface area contributed by atoms with Crippen LogP contribution in [0, 0.1) is 5.82 Å². The number of benzene rings is 1. The van der Waals surface area contributed by atoms with Gasteiger partial charge < -0.3 is 10.1 Å². The van der Waals surface area contributed by atoms with Crippen LogP contribution >= 0.6 is 0 Å². The van der Waals surface area contributed by atoms with Crippen LogP contribution in [-0.2, 0) is 4.74 Å². The maximum atomic E-state index is 14.3. The lowest BCUT2D eigenvalue weighted by molar-refractivity contribution is 0.0378. The largest absolute Gasteiger partial charge is 0.379 e. The highest BCUT2D eigenvalue weighted by Crippen LogP contribution is 2.26. The highest BCUT2D eigenvalue weighted by atomic mass is 19.1. The third kappa shape index (κ3) is 5.13. The second-order valence-corrected chi connectivity index (χ2v) is 6.92. The van der Waals surface area contributed by atoms with Crippen LogP contribution in [0.15, 0.2) is 54.9 Å². The number of aromatic nitrogens is 3. The molecule has 3 heterocycles. The van der Waals surface area contributed by atoms with E-state index in [0.717, 1.165) is 51.4 Å². The minimum Gasteiger partial charge on any atom is -0.379 e. The summed E-state index contributed by atoms with van der Waals surface area (Å²) in [6, 6.07) is 12.2. The van der Waals surface area contributed by atoms with Crippen LogP contribution in [0.5, 0.6) is 0 Å². The van der Waals surface area contributed by atoms with Gasteiger partial charge in [0, 0.05) is 49.2 Å². The number of hydrogen-bond acceptors (Lipinski definition) is 6. The number of hydrogen-bond donors (Lipinski definition) is 1. The Balaban J connectivity index is 1.52. The standard InChI is InChI=1S/C22H24FN5O/c23-19-7-2-1-6-18(19)20-15-21(25-9-4-10-28-11-13-29-14-12-28)27-22(26-20)17-5-3-8-24-16-17/h1-3,5-8,15-16H,4,9-14H2,(H,25,26,27). The topological polar surface area (TPSA) is 63.2 Å². The van der Waals surface area contributed by atoms with Gasteiger partial charge in [-0.05, 0) is 37.2 Å². The van der Waals surface area contributed by atoms with E-state index in [9.17, 15) is 4.39 Å². The molecule has 0 saturated carbocycles. The molecule has 2 aromatic heterocycles. The molecule has 0 atom stereocenters. The smallest absolute Gasteiger partial charge is 0.163 e. The molecule has 0 amide bonds. The van der Waals surface area contributed by atoms with Crippen molar-refractivity contribution in [3.05, 3.63) is 60.7 Å². The van der Waals surface area contributed by atoms with Crippen LogP contribution < -0.4 is 5.32 Å². The van der Waals surface area contributed by atoms with Gasteiger partial charge in [-0.1, -0.05) is 12.1 Å². The molecule has 0 aliphatic carbocycles. The number of nitrogens with zero attached hydrogens (tertiary/aromatic N) is 4. The number of rotatable bonds is 7. The Hall–Kier alpha value is -2.90. The minimum atomic E-state index is -0.304. The summed E-state index contributed by atoms with van der Waals surface area (Å²) in [6.45, 7) is 5.36. The summed E-state index contributed by atoms with van der Waals surface area (Å²) in [5.41, 5.74) is 1.80. The van der Waals surface area contributed by atoms with Crippen molar-refractivity contribution in [1.29, 1.82) is 0 Å². The number of pyridine rings is 1. The molecule has 1 N–H and O–H groups in total. The fraction of sp³-hybridized carbons (Fsp3) is 0.318. The monoisotopic (exact) mass is 393 g/mol. The van der Waals surface area contributed by atoms with E-state index in [0.29, 0.717) is 22.9 Å². The molecular formula is C22H24FN5O. The zero-order chi connectivity index (χ0) is 19.9. The third-order valence-electron chi connectivity index (χ3n) is 4.86. The van der Waals surface area contributed by atoms with E-state index in [4.69, 9.17) is 4.74 Å². The lowest BCUT2D eigenvalue weighted by Gasteiger charge is -2.26. The van der Waals surface area contributed by atoms with Gasteiger partial charge in [-0.2, -0.15) is 0 Å². The molecule has 1 saturated heterocycles. The number of morpholine rings is 1. The average Bonchev–Trinajstić information content (AvgIpc) is 2.78. The van der Waals surface area contributed by atoms with E-state index < -0.39 is 0 Å². The molecule has 1 aliphatic heterocycles. The second kappa shape index (κ2) is 9.54. The number of halogens is 1. The van der Waals surface area contributed by atoms with Gasteiger partial charge in [0.1, 0.15) is 11.6 Å². The van der Waals surface area contributed by atoms with Crippen molar-refractivity contribution >= 4 is 5.82 Å². The Morgan fingerprint density at radius 1 is 1.07 bits per heavy atom. The van der Waals surface area contributed by atoms with Crippen LogP contribution in [0.4, 0.5) is 10.2 Å². The first-order chi connectivity index (χ1) is 14.3. The number of nitrogens with one attached hydrogen (secondary N) is 1. The van der Waals surface area contributed by atoms with E-state index in [1.165, 1.54) is 6.07 Å². The summed E-state index contributed by atoms with van der Waals surface area (Å²) in [5, 5.41) is 3.37. The normalized spacial score (nSPS) is 14.7. The van der Waals surface area contributed by atoms with E-state index in [2.05, 4.69) is 25.2 Å². The number of anilines is 1. The van der Waals surface area contributed by atoms with E-state index in [1.807, 2.05) is 12.1 Å². The molecule has 0 radical (unpaired) electrons. The molecule has 3 aromatic rings. The first kappa shape index (κ1) is 19.4. The lowest BCUT2D eigenvalue weighted by Crippen LogP contribution is -2.37. The van der Waals surface area contributed by atoms with Gasteiger partial charge in [0.2, 0.25) is 0 Å². The van der Waals surface area contributed by atoms with Gasteiger partial charge in [0.15, 0.2) is 5.82 Å². The van der Waals surface area contributed by atoms with Crippen molar-refractivity contribution in [1.82, 2.24) is 19.9 Å². The van der Waals surface area contributed by atoms with Crippen molar-refractivity contribution in [2.24, 2.45) is 0 Å². The van der Waals surface area contributed by atoms with Crippen molar-refractivity contribution < 1.29 is 9.13 Å². The first-order valence-corrected chi connectivity index (χ1v) is 9.88. The van der Waals surface area contributed by atoms with Crippen LogP contribution in [0.2, 0.25) is 0 Å². The van der Waals surface area contributed by atoms with Crippen LogP contribution in [0.3, 0.4) is 0 Å². The van der Waals surface area contributed by atoms with Crippen molar-refractivity contribution in [3.8, 4) is 22.6 Å².